The van der Waals surface area contributed by atoms with E-state index in [-0.39, 0.29) is 24.0 Å². The first-order chi connectivity index (χ1) is 14.9. The highest BCUT2D eigenvalue weighted by Crippen LogP contribution is 2.16. The summed E-state index contributed by atoms with van der Waals surface area (Å²) in [5.74, 6) is -1.28. The van der Waals surface area contributed by atoms with Crippen molar-refractivity contribution in [1.29, 1.82) is 0 Å². The Morgan fingerprint density at radius 3 is 1.81 bits per heavy atom. The first kappa shape index (κ1) is 26.5. The van der Waals surface area contributed by atoms with E-state index in [0.29, 0.717) is 11.1 Å². The van der Waals surface area contributed by atoms with Gasteiger partial charge in [-0.1, -0.05) is 36.4 Å². The molecular formula is C20H25ClN6O5. The minimum atomic E-state index is -1.01. The van der Waals surface area contributed by atoms with Gasteiger partial charge in [-0.3, -0.25) is 19.8 Å². The Morgan fingerprint density at radius 2 is 1.38 bits per heavy atom. The minimum Gasteiger partial charge on any atom is -0.476 e. The molecule has 0 bridgehead atoms. The average molecular weight is 465 g/mol. The number of hydrogen-bond donors (Lipinski definition) is 4. The van der Waals surface area contributed by atoms with Gasteiger partial charge in [-0.2, -0.15) is 10.2 Å². The van der Waals surface area contributed by atoms with Crippen LogP contribution in [0.25, 0.3) is 21.8 Å². The summed E-state index contributed by atoms with van der Waals surface area (Å²) in [5, 5.41) is 24.3. The highest BCUT2D eigenvalue weighted by atomic mass is 35.5. The van der Waals surface area contributed by atoms with Gasteiger partial charge in [0.2, 0.25) is 0 Å². The maximum atomic E-state index is 11.8. The van der Waals surface area contributed by atoms with E-state index in [1.165, 1.54) is 7.11 Å². The fraction of sp³-hybridized carbons (Fsp3) is 0.200. The summed E-state index contributed by atoms with van der Waals surface area (Å²) in [6, 6.07) is 14.6. The Labute approximate surface area is 190 Å². The van der Waals surface area contributed by atoms with Crippen molar-refractivity contribution in [2.24, 2.45) is 0 Å². The van der Waals surface area contributed by atoms with Gasteiger partial charge >= 0.3 is 5.97 Å². The maximum Gasteiger partial charge on any atom is 0.357 e. The molecule has 32 heavy (non-hydrogen) atoms. The molecule has 2 heterocycles. The van der Waals surface area contributed by atoms with E-state index >= 15 is 0 Å². The molecule has 172 valence electrons. The van der Waals surface area contributed by atoms with Gasteiger partial charge in [0.05, 0.1) is 25.3 Å². The fourth-order valence-corrected chi connectivity index (χ4v) is 2.49. The monoisotopic (exact) mass is 464 g/mol. The van der Waals surface area contributed by atoms with Gasteiger partial charge in [0.15, 0.2) is 11.4 Å². The molecule has 0 saturated heterocycles. The standard InChI is InChI=1S/C10H11N3O2.C8H6N2O2.C2H7NO.ClH/c1-13(15-2)10(14)9-7-5-3-4-6-8(7)11-12-9;11-8(12)7-5-3-1-2-4-6(5)9-10-7;1-3-4-2;/h3-6H,1-2H3,(H,11,12);1-4H,(H,9,10)(H,11,12);3H,1-2H3;1H. The summed E-state index contributed by atoms with van der Waals surface area (Å²) in [7, 11) is 6.26. The Kier molecular flexibility index (Phi) is 10.8. The van der Waals surface area contributed by atoms with Crippen LogP contribution in [0.2, 0.25) is 0 Å². The molecule has 12 heteroatoms. The van der Waals surface area contributed by atoms with Gasteiger partial charge < -0.3 is 9.94 Å². The van der Waals surface area contributed by atoms with Crippen molar-refractivity contribution < 1.29 is 24.4 Å². The number of amides is 1. The van der Waals surface area contributed by atoms with Crippen LogP contribution in [0, 0.1) is 0 Å². The highest BCUT2D eigenvalue weighted by Gasteiger charge is 2.17. The second kappa shape index (κ2) is 13.0. The number of carboxylic acid groups (broad SMARTS) is 1. The van der Waals surface area contributed by atoms with Crippen LogP contribution in [0.5, 0.6) is 0 Å². The van der Waals surface area contributed by atoms with Gasteiger partial charge in [-0.05, 0) is 12.1 Å². The molecule has 0 aliphatic rings. The zero-order chi connectivity index (χ0) is 22.8. The molecule has 4 aromatic rings. The van der Waals surface area contributed by atoms with E-state index in [1.807, 2.05) is 30.3 Å². The Morgan fingerprint density at radius 1 is 0.938 bits per heavy atom. The first-order valence-electron chi connectivity index (χ1n) is 9.05. The predicted octanol–water partition coefficient (Wildman–Crippen LogP) is 2.65. The van der Waals surface area contributed by atoms with Crippen LogP contribution in [0.4, 0.5) is 0 Å². The minimum absolute atomic E-state index is 0. The molecule has 0 fully saturated rings. The number of nitrogens with one attached hydrogen (secondary N) is 3. The number of aromatic amines is 2. The number of hydrogen-bond acceptors (Lipinski definition) is 7. The number of fused-ring (bicyclic) bond motifs is 2. The fourth-order valence-electron chi connectivity index (χ4n) is 2.49. The molecule has 1 amide bonds. The largest absolute Gasteiger partial charge is 0.476 e. The Hall–Kier alpha value is -3.51. The number of aromatic nitrogens is 4. The summed E-state index contributed by atoms with van der Waals surface area (Å²) in [6.07, 6.45) is 0. The summed E-state index contributed by atoms with van der Waals surface area (Å²) in [5.41, 5.74) is 4.46. The second-order valence-corrected chi connectivity index (χ2v) is 5.93. The molecule has 0 unspecified atom stereocenters. The van der Waals surface area contributed by atoms with Crippen LogP contribution in [0.15, 0.2) is 48.5 Å². The van der Waals surface area contributed by atoms with E-state index in [9.17, 15) is 9.59 Å². The third-order valence-corrected chi connectivity index (χ3v) is 4.11. The summed E-state index contributed by atoms with van der Waals surface area (Å²) >= 11 is 0. The van der Waals surface area contributed by atoms with Crippen molar-refractivity contribution in [1.82, 2.24) is 30.9 Å². The molecule has 4 N–H and O–H groups in total. The normalized spacial score (nSPS) is 9.75. The van der Waals surface area contributed by atoms with Crippen LogP contribution < -0.4 is 5.48 Å². The van der Waals surface area contributed by atoms with Crippen LogP contribution in [0.1, 0.15) is 21.0 Å². The quantitative estimate of drug-likeness (QED) is 0.337. The van der Waals surface area contributed by atoms with Crippen LogP contribution in [-0.2, 0) is 9.68 Å². The van der Waals surface area contributed by atoms with E-state index in [1.54, 1.807) is 39.4 Å². The number of halogens is 1. The zero-order valence-electron chi connectivity index (χ0n) is 17.9. The molecule has 2 aromatic carbocycles. The van der Waals surface area contributed by atoms with Gasteiger partial charge in [0, 0.05) is 24.9 Å². The molecule has 0 radical (unpaired) electrons. The summed E-state index contributed by atoms with van der Waals surface area (Å²) < 4.78 is 0. The van der Waals surface area contributed by atoms with Crippen molar-refractivity contribution in [3.8, 4) is 0 Å². The second-order valence-electron chi connectivity index (χ2n) is 5.93. The lowest BCUT2D eigenvalue weighted by atomic mass is 10.2. The molecule has 2 aromatic heterocycles. The van der Waals surface area contributed by atoms with E-state index in [2.05, 4.69) is 30.7 Å². The Bertz CT molecular complexity index is 1140. The average Bonchev–Trinajstić information content (AvgIpc) is 3.43. The zero-order valence-corrected chi connectivity index (χ0v) is 18.8. The SMILES string of the molecule is CNOC.CON(C)C(=O)c1n[nH]c2ccccc12.Cl.O=C(O)c1n[nH]c2ccccc12. The smallest absolute Gasteiger partial charge is 0.357 e. The molecule has 11 nitrogen and oxygen atoms in total. The van der Waals surface area contributed by atoms with E-state index < -0.39 is 5.97 Å². The molecular weight excluding hydrogens is 440 g/mol. The number of carboxylic acids is 1. The number of H-pyrrole nitrogens is 2. The van der Waals surface area contributed by atoms with Crippen molar-refractivity contribution in [3.05, 3.63) is 59.9 Å². The van der Waals surface area contributed by atoms with Gasteiger partial charge in [-0.15, -0.1) is 12.4 Å². The van der Waals surface area contributed by atoms with Crippen LogP contribution in [-0.4, -0.2) is 70.8 Å². The number of aromatic carboxylic acids is 1. The summed E-state index contributed by atoms with van der Waals surface area (Å²) in [6.45, 7) is 0. The molecule has 4 rings (SSSR count). The summed E-state index contributed by atoms with van der Waals surface area (Å²) in [4.78, 5) is 31.5. The van der Waals surface area contributed by atoms with Crippen molar-refractivity contribution >= 4 is 46.1 Å². The number of carbonyl (C=O) groups is 2. The molecule has 0 atom stereocenters. The Balaban J connectivity index is 0.000000272. The topological polar surface area (TPSA) is 145 Å². The predicted molar refractivity (Wildman–Crippen MR) is 122 cm³/mol. The molecule has 0 saturated carbocycles. The number of nitrogens with zero attached hydrogens (tertiary/aromatic N) is 3. The van der Waals surface area contributed by atoms with Crippen LogP contribution >= 0.6 is 12.4 Å². The maximum absolute atomic E-state index is 11.8. The van der Waals surface area contributed by atoms with Crippen molar-refractivity contribution in [2.75, 3.05) is 28.3 Å². The number of para-hydroxylation sites is 2. The van der Waals surface area contributed by atoms with Crippen molar-refractivity contribution in [2.45, 2.75) is 0 Å². The molecule has 0 aliphatic heterocycles. The molecule has 0 aliphatic carbocycles. The first-order valence-corrected chi connectivity index (χ1v) is 9.05. The number of hydroxylamine groups is 3. The van der Waals surface area contributed by atoms with Crippen LogP contribution in [0.3, 0.4) is 0 Å². The highest BCUT2D eigenvalue weighted by molar-refractivity contribution is 6.04. The number of benzene rings is 2. The van der Waals surface area contributed by atoms with Crippen molar-refractivity contribution in [3.63, 3.8) is 0 Å². The lowest BCUT2D eigenvalue weighted by Crippen LogP contribution is -2.25. The number of rotatable bonds is 4. The third-order valence-electron chi connectivity index (χ3n) is 4.11. The van der Waals surface area contributed by atoms with Gasteiger partial charge in [-0.25, -0.2) is 15.3 Å². The lowest BCUT2D eigenvalue weighted by molar-refractivity contribution is -0.0759. The van der Waals surface area contributed by atoms with E-state index in [0.717, 1.165) is 21.5 Å². The van der Waals surface area contributed by atoms with E-state index in [4.69, 9.17) is 9.94 Å². The lowest BCUT2D eigenvalue weighted by Gasteiger charge is -2.11. The van der Waals surface area contributed by atoms with Gasteiger partial charge in [0.25, 0.3) is 5.91 Å². The number of carbonyl (C=O) groups excluding carboxylic acids is 1. The van der Waals surface area contributed by atoms with Gasteiger partial charge in [0.1, 0.15) is 0 Å². The molecule has 0 spiro atoms. The third kappa shape index (κ3) is 6.49.